The van der Waals surface area contributed by atoms with E-state index in [0.717, 1.165) is 31.8 Å². The Morgan fingerprint density at radius 1 is 1.36 bits per heavy atom. The summed E-state index contributed by atoms with van der Waals surface area (Å²) in [4.78, 5) is 13.4. The van der Waals surface area contributed by atoms with Crippen LogP contribution in [0, 0.1) is 5.92 Å². The fourth-order valence-corrected chi connectivity index (χ4v) is 1.84. The number of hydrogen-bond acceptors (Lipinski definition) is 1. The number of nitrogens with zero attached hydrogens (tertiary/aromatic N) is 1. The Hall–Kier alpha value is -0.990. The van der Waals surface area contributed by atoms with E-state index in [9.17, 15) is 4.79 Å². The average Bonchev–Trinajstić information content (AvgIpc) is 2.90. The second-order valence-electron chi connectivity index (χ2n) is 4.31. The number of likely N-dealkylation sites (tertiary alicyclic amines) is 1. The Balaban J connectivity index is 1.78. The lowest BCUT2D eigenvalue weighted by Gasteiger charge is -2.14. The summed E-state index contributed by atoms with van der Waals surface area (Å²) in [6, 6.07) is 0.0718. The van der Waals surface area contributed by atoms with Gasteiger partial charge in [0.25, 0.3) is 0 Å². The average molecular weight is 194 g/mol. The van der Waals surface area contributed by atoms with Gasteiger partial charge in [-0.15, -0.1) is 0 Å². The van der Waals surface area contributed by atoms with Crippen molar-refractivity contribution in [1.82, 2.24) is 10.2 Å². The van der Waals surface area contributed by atoms with Crippen LogP contribution in [0.4, 0.5) is 4.79 Å². The van der Waals surface area contributed by atoms with Gasteiger partial charge in [0.05, 0.1) is 0 Å². The molecule has 3 heteroatoms. The van der Waals surface area contributed by atoms with Crippen molar-refractivity contribution in [3.63, 3.8) is 0 Å². The summed E-state index contributed by atoms with van der Waals surface area (Å²) in [6.45, 7) is 3.94. The zero-order chi connectivity index (χ0) is 9.97. The molecule has 0 aromatic heterocycles. The van der Waals surface area contributed by atoms with Crippen molar-refractivity contribution in [2.75, 3.05) is 13.1 Å². The van der Waals surface area contributed by atoms with Crippen LogP contribution in [0.25, 0.3) is 0 Å². The van der Waals surface area contributed by atoms with Gasteiger partial charge in [0.15, 0.2) is 0 Å². The van der Waals surface area contributed by atoms with Gasteiger partial charge < -0.3 is 10.2 Å². The topological polar surface area (TPSA) is 32.3 Å². The van der Waals surface area contributed by atoms with Crippen molar-refractivity contribution in [2.24, 2.45) is 5.92 Å². The number of hydrogen-bond donors (Lipinski definition) is 1. The third-order valence-electron chi connectivity index (χ3n) is 3.04. The fraction of sp³-hybridized carbons (Fsp3) is 0.727. The molecule has 0 radical (unpaired) electrons. The predicted molar refractivity (Wildman–Crippen MR) is 55.8 cm³/mol. The van der Waals surface area contributed by atoms with E-state index < -0.39 is 0 Å². The molecule has 1 saturated heterocycles. The van der Waals surface area contributed by atoms with Crippen molar-refractivity contribution in [1.29, 1.82) is 0 Å². The molecule has 1 heterocycles. The first-order chi connectivity index (χ1) is 6.77. The zero-order valence-corrected chi connectivity index (χ0v) is 8.75. The van der Waals surface area contributed by atoms with E-state index in [4.69, 9.17) is 0 Å². The molecule has 0 aromatic carbocycles. The molecule has 2 fully saturated rings. The highest BCUT2D eigenvalue weighted by Crippen LogP contribution is 2.35. The van der Waals surface area contributed by atoms with E-state index in [0.29, 0.717) is 0 Å². The number of rotatable bonds is 2. The molecule has 78 valence electrons. The molecule has 0 unspecified atom stereocenters. The largest absolute Gasteiger partial charge is 0.325 e. The Morgan fingerprint density at radius 3 is 2.57 bits per heavy atom. The molecule has 0 spiro atoms. The molecule has 3 nitrogen and oxygen atoms in total. The Labute approximate surface area is 85.2 Å². The van der Waals surface area contributed by atoms with Gasteiger partial charge in [-0.2, -0.15) is 0 Å². The first-order valence-corrected chi connectivity index (χ1v) is 5.49. The molecular weight excluding hydrogens is 176 g/mol. The predicted octanol–water partition coefficient (Wildman–Crippen LogP) is 2.11. The van der Waals surface area contributed by atoms with Gasteiger partial charge in [-0.1, -0.05) is 5.57 Å². The van der Waals surface area contributed by atoms with E-state index in [1.807, 2.05) is 11.1 Å². The first-order valence-electron chi connectivity index (χ1n) is 5.49. The van der Waals surface area contributed by atoms with E-state index in [1.165, 1.54) is 18.4 Å². The minimum atomic E-state index is 0.0718. The van der Waals surface area contributed by atoms with Gasteiger partial charge in [-0.3, -0.25) is 0 Å². The summed E-state index contributed by atoms with van der Waals surface area (Å²) < 4.78 is 0. The lowest BCUT2D eigenvalue weighted by molar-refractivity contribution is 0.212. The molecule has 1 aliphatic heterocycles. The third-order valence-corrected chi connectivity index (χ3v) is 3.04. The van der Waals surface area contributed by atoms with Crippen LogP contribution in [0.5, 0.6) is 0 Å². The van der Waals surface area contributed by atoms with Crippen LogP contribution >= 0.6 is 0 Å². The summed E-state index contributed by atoms with van der Waals surface area (Å²) in [5, 5.41) is 2.87. The van der Waals surface area contributed by atoms with E-state index >= 15 is 0 Å². The Bertz CT molecular complexity index is 250. The summed E-state index contributed by atoms with van der Waals surface area (Å²) in [5.41, 5.74) is 1.32. The van der Waals surface area contributed by atoms with Gasteiger partial charge in [0.1, 0.15) is 0 Å². The molecule has 1 aliphatic carbocycles. The molecule has 1 N–H and O–H groups in total. The number of carbonyl (C=O) groups excluding carboxylic acids is 1. The van der Waals surface area contributed by atoms with Gasteiger partial charge in [-0.25, -0.2) is 4.79 Å². The van der Waals surface area contributed by atoms with Gasteiger partial charge in [0, 0.05) is 19.3 Å². The van der Waals surface area contributed by atoms with Crippen LogP contribution in [-0.2, 0) is 0 Å². The minimum absolute atomic E-state index is 0.0718. The maximum atomic E-state index is 11.6. The van der Waals surface area contributed by atoms with Gasteiger partial charge in [-0.05, 0) is 38.5 Å². The fourth-order valence-electron chi connectivity index (χ4n) is 1.84. The van der Waals surface area contributed by atoms with E-state index in [1.54, 1.807) is 0 Å². The number of allylic oxidation sites excluding steroid dienone is 1. The monoisotopic (exact) mass is 194 g/mol. The highest BCUT2D eigenvalue weighted by atomic mass is 16.2. The maximum absolute atomic E-state index is 11.6. The summed E-state index contributed by atoms with van der Waals surface area (Å²) >= 11 is 0. The molecule has 1 saturated carbocycles. The number of nitrogens with one attached hydrogen (secondary N) is 1. The Morgan fingerprint density at radius 2 is 2.00 bits per heavy atom. The van der Waals surface area contributed by atoms with Crippen LogP contribution in [0.1, 0.15) is 32.6 Å². The second-order valence-corrected chi connectivity index (χ2v) is 4.31. The van der Waals surface area contributed by atoms with Crippen LogP contribution in [0.3, 0.4) is 0 Å². The van der Waals surface area contributed by atoms with Crippen molar-refractivity contribution in [3.05, 3.63) is 11.8 Å². The molecule has 2 amide bonds. The summed E-state index contributed by atoms with van der Waals surface area (Å²) in [6.07, 6.45) is 6.78. The van der Waals surface area contributed by atoms with Crippen molar-refractivity contribution in [3.8, 4) is 0 Å². The van der Waals surface area contributed by atoms with Gasteiger partial charge >= 0.3 is 6.03 Å². The molecule has 14 heavy (non-hydrogen) atoms. The minimum Gasteiger partial charge on any atom is -0.325 e. The van der Waals surface area contributed by atoms with Crippen LogP contribution < -0.4 is 5.32 Å². The van der Waals surface area contributed by atoms with E-state index in [-0.39, 0.29) is 6.03 Å². The highest BCUT2D eigenvalue weighted by molar-refractivity contribution is 5.75. The number of amides is 2. The third kappa shape index (κ3) is 2.28. The summed E-state index contributed by atoms with van der Waals surface area (Å²) in [7, 11) is 0. The summed E-state index contributed by atoms with van der Waals surface area (Å²) in [5.74, 6) is 0.744. The molecule has 2 rings (SSSR count). The lowest BCUT2D eigenvalue weighted by atomic mass is 10.2. The zero-order valence-electron chi connectivity index (χ0n) is 8.75. The van der Waals surface area contributed by atoms with Crippen molar-refractivity contribution in [2.45, 2.75) is 32.6 Å². The van der Waals surface area contributed by atoms with Crippen LogP contribution in [0.15, 0.2) is 11.8 Å². The number of urea groups is 1. The molecule has 2 aliphatic rings. The second kappa shape index (κ2) is 4.03. The molecule has 0 aromatic rings. The van der Waals surface area contributed by atoms with Crippen molar-refractivity contribution < 1.29 is 4.79 Å². The standard InChI is InChI=1S/C11H18N2O/c1-9(10-4-5-10)8-12-11(14)13-6-2-3-7-13/h8,10H,2-7H2,1H3,(H,12,14)/b9-8+. The quantitative estimate of drug-likeness (QED) is 0.717. The molecule has 0 atom stereocenters. The maximum Gasteiger partial charge on any atom is 0.321 e. The SMILES string of the molecule is C/C(=C\NC(=O)N1CCCC1)C1CC1. The highest BCUT2D eigenvalue weighted by Gasteiger charge is 2.23. The van der Waals surface area contributed by atoms with Gasteiger partial charge in [0.2, 0.25) is 0 Å². The first kappa shape index (κ1) is 9.56. The Kier molecular flexibility index (Phi) is 2.75. The molecular formula is C11H18N2O. The smallest absolute Gasteiger partial charge is 0.321 e. The number of carbonyl (C=O) groups is 1. The normalized spacial score (nSPS) is 22.6. The molecule has 0 bridgehead atoms. The van der Waals surface area contributed by atoms with Crippen LogP contribution in [-0.4, -0.2) is 24.0 Å². The van der Waals surface area contributed by atoms with Crippen LogP contribution in [0.2, 0.25) is 0 Å². The lowest BCUT2D eigenvalue weighted by Crippen LogP contribution is -2.35. The van der Waals surface area contributed by atoms with Crippen molar-refractivity contribution >= 4 is 6.03 Å². The van der Waals surface area contributed by atoms with E-state index in [2.05, 4.69) is 12.2 Å².